The summed E-state index contributed by atoms with van der Waals surface area (Å²) < 4.78 is 4.34. The van der Waals surface area contributed by atoms with Crippen LogP contribution in [-0.4, -0.2) is 16.1 Å². The first-order valence-electron chi connectivity index (χ1n) is 6.62. The monoisotopic (exact) mass is 283 g/mol. The molecule has 0 saturated carbocycles. The lowest BCUT2D eigenvalue weighted by molar-refractivity contribution is 0.0695. The first-order valence-corrected chi connectivity index (χ1v) is 6.62. The van der Waals surface area contributed by atoms with Crippen LogP contribution >= 0.6 is 0 Å². The number of nitrogens with one attached hydrogen (secondary N) is 1. The third-order valence-corrected chi connectivity index (χ3v) is 3.37. The lowest BCUT2D eigenvalue weighted by atomic mass is 10.1. The molecule has 0 spiro atoms. The van der Waals surface area contributed by atoms with E-state index in [1.54, 1.807) is 6.20 Å². The Kier molecular flexibility index (Phi) is 3.66. The van der Waals surface area contributed by atoms with Gasteiger partial charge in [0, 0.05) is 31.5 Å². The van der Waals surface area contributed by atoms with Crippen LogP contribution < -0.4 is 5.32 Å². The van der Waals surface area contributed by atoms with Gasteiger partial charge in [-0.05, 0) is 17.7 Å². The largest absolute Gasteiger partial charge is 0.551 e. The number of pyridine rings is 1. The molecule has 3 rings (SSSR count). The van der Waals surface area contributed by atoms with Crippen molar-refractivity contribution in [1.29, 1.82) is 0 Å². The number of hydrogen-bond donors (Lipinski definition) is 2. The van der Waals surface area contributed by atoms with Gasteiger partial charge < -0.3 is 14.8 Å². The Bertz CT molecular complexity index is 780. The lowest BCUT2D eigenvalue weighted by Crippen LogP contribution is -2.15. The molecule has 0 fully saturated rings. The molecule has 5 heteroatoms. The first-order chi connectivity index (χ1) is 10.3. The van der Waals surface area contributed by atoms with Gasteiger partial charge in [0.1, 0.15) is 0 Å². The minimum atomic E-state index is -0.936. The van der Waals surface area contributed by atoms with Crippen LogP contribution in [0.1, 0.15) is 21.5 Å². The summed E-state index contributed by atoms with van der Waals surface area (Å²) in [6, 6.07) is 9.46. The molecule has 2 aromatic heterocycles. The fourth-order valence-electron chi connectivity index (χ4n) is 2.32. The van der Waals surface area contributed by atoms with Crippen LogP contribution in [0.2, 0.25) is 0 Å². The molecule has 0 saturated heterocycles. The highest BCUT2D eigenvalue weighted by atomic mass is 16.4. The summed E-state index contributed by atoms with van der Waals surface area (Å²) in [5.74, 6) is -0.936. The molecule has 0 amide bonds. The maximum absolute atomic E-state index is 11.1. The second-order valence-electron chi connectivity index (χ2n) is 4.74. The van der Waals surface area contributed by atoms with Crippen molar-refractivity contribution in [3.05, 3.63) is 65.7 Å². The fourth-order valence-corrected chi connectivity index (χ4v) is 2.32. The lowest BCUT2D eigenvalue weighted by Gasteiger charge is -2.06. The van der Waals surface area contributed by atoms with Crippen LogP contribution in [0, 0.1) is 0 Å². The molecule has 5 nitrogen and oxygen atoms in total. The van der Waals surface area contributed by atoms with Crippen LogP contribution in [0.4, 0.5) is 0 Å². The van der Waals surface area contributed by atoms with E-state index in [-0.39, 0.29) is 5.56 Å². The van der Waals surface area contributed by atoms with Crippen LogP contribution in [-0.2, 0) is 13.1 Å². The van der Waals surface area contributed by atoms with Gasteiger partial charge in [0.05, 0.1) is 16.5 Å². The van der Waals surface area contributed by atoms with Crippen LogP contribution in [0.5, 0.6) is 0 Å². The van der Waals surface area contributed by atoms with Crippen LogP contribution in [0.3, 0.4) is 0 Å². The molecule has 21 heavy (non-hydrogen) atoms. The topological polar surface area (TPSA) is 75.0 Å². The SMILES string of the molecule is O=C(O)c1ccncc1CNCc1c[oH+]c2ccccc12. The van der Waals surface area contributed by atoms with E-state index in [2.05, 4.69) is 14.7 Å². The van der Waals surface area contributed by atoms with Crippen molar-refractivity contribution in [2.75, 3.05) is 0 Å². The average Bonchev–Trinajstić information content (AvgIpc) is 2.91. The second kappa shape index (κ2) is 5.76. The maximum atomic E-state index is 11.1. The highest BCUT2D eigenvalue weighted by Crippen LogP contribution is 2.20. The van der Waals surface area contributed by atoms with Crippen molar-refractivity contribution < 1.29 is 14.3 Å². The summed E-state index contributed by atoms with van der Waals surface area (Å²) in [7, 11) is 0. The quantitative estimate of drug-likeness (QED) is 0.706. The molecule has 2 heterocycles. The molecule has 0 atom stereocenters. The zero-order valence-electron chi connectivity index (χ0n) is 11.3. The van der Waals surface area contributed by atoms with Gasteiger partial charge in [0.15, 0.2) is 0 Å². The fraction of sp³-hybridized carbons (Fsp3) is 0.125. The molecule has 0 unspecified atom stereocenters. The number of aromatic nitrogens is 1. The minimum absolute atomic E-state index is 0.281. The predicted octanol–water partition coefficient (Wildman–Crippen LogP) is 2.93. The smallest absolute Gasteiger partial charge is 0.336 e. The summed E-state index contributed by atoms with van der Waals surface area (Å²) in [6.45, 7) is 1.09. The highest BCUT2D eigenvalue weighted by molar-refractivity contribution is 5.89. The zero-order valence-corrected chi connectivity index (χ0v) is 11.3. The van der Waals surface area contributed by atoms with Crippen molar-refractivity contribution in [3.8, 4) is 0 Å². The Morgan fingerprint density at radius 2 is 2.00 bits per heavy atom. The van der Waals surface area contributed by atoms with Gasteiger partial charge >= 0.3 is 5.97 Å². The molecular formula is C16H15N2O3+. The molecular weight excluding hydrogens is 268 g/mol. The molecule has 106 valence electrons. The summed E-state index contributed by atoms with van der Waals surface area (Å²) in [5.41, 5.74) is 3.03. The number of benzene rings is 1. The van der Waals surface area contributed by atoms with Crippen molar-refractivity contribution in [2.45, 2.75) is 13.1 Å². The normalized spacial score (nSPS) is 10.9. The van der Waals surface area contributed by atoms with E-state index < -0.39 is 5.97 Å². The standard InChI is InChI=1S/C16H14N2O3/c19-16(20)14-5-6-17-7-11(14)8-18-9-12-10-21-15-4-2-1-3-13(12)15/h1-7,10,18H,8-9H2,(H,19,20)/p+1. The van der Waals surface area contributed by atoms with E-state index in [4.69, 9.17) is 5.11 Å². The number of nitrogens with zero attached hydrogens (tertiary/aromatic N) is 1. The Morgan fingerprint density at radius 1 is 1.19 bits per heavy atom. The van der Waals surface area contributed by atoms with Crippen molar-refractivity contribution >= 4 is 16.9 Å². The second-order valence-corrected chi connectivity index (χ2v) is 4.74. The van der Waals surface area contributed by atoms with Gasteiger partial charge in [0.2, 0.25) is 6.26 Å². The van der Waals surface area contributed by atoms with Crippen molar-refractivity contribution in [2.24, 2.45) is 0 Å². The number of para-hydroxylation sites is 1. The van der Waals surface area contributed by atoms with E-state index >= 15 is 0 Å². The van der Waals surface area contributed by atoms with Crippen molar-refractivity contribution in [1.82, 2.24) is 10.3 Å². The molecule has 0 aliphatic rings. The number of furan rings is 1. The highest BCUT2D eigenvalue weighted by Gasteiger charge is 2.11. The van der Waals surface area contributed by atoms with Crippen LogP contribution in [0.25, 0.3) is 11.0 Å². The minimum Gasteiger partial charge on any atom is -0.551 e. The summed E-state index contributed by atoms with van der Waals surface area (Å²) >= 11 is 0. The summed E-state index contributed by atoms with van der Waals surface area (Å²) in [5, 5.41) is 13.5. The summed E-state index contributed by atoms with van der Waals surface area (Å²) in [6.07, 6.45) is 4.92. The van der Waals surface area contributed by atoms with Gasteiger partial charge in [-0.3, -0.25) is 4.98 Å². The molecule has 3 aromatic rings. The van der Waals surface area contributed by atoms with Gasteiger partial charge in [-0.15, -0.1) is 0 Å². The predicted molar refractivity (Wildman–Crippen MR) is 79.1 cm³/mol. The number of carboxylic acid groups (broad SMARTS) is 1. The first kappa shape index (κ1) is 13.3. The molecule has 0 bridgehead atoms. The number of fused-ring (bicyclic) bond motifs is 1. The molecule has 0 aliphatic carbocycles. The number of hydrogen-bond acceptors (Lipinski definition) is 3. The van der Waals surface area contributed by atoms with Gasteiger partial charge in [-0.25, -0.2) is 4.79 Å². The number of carbonyl (C=O) groups is 1. The van der Waals surface area contributed by atoms with E-state index in [0.29, 0.717) is 18.7 Å². The maximum Gasteiger partial charge on any atom is 0.336 e. The third kappa shape index (κ3) is 2.78. The van der Waals surface area contributed by atoms with Gasteiger partial charge in [-0.2, -0.15) is 0 Å². The van der Waals surface area contributed by atoms with E-state index in [1.165, 1.54) is 12.3 Å². The third-order valence-electron chi connectivity index (χ3n) is 3.37. The average molecular weight is 283 g/mol. The molecule has 0 radical (unpaired) electrons. The Hall–Kier alpha value is -2.66. The Balaban J connectivity index is 1.71. The summed E-state index contributed by atoms with van der Waals surface area (Å²) in [4.78, 5) is 15.1. The molecule has 1 aromatic carbocycles. The number of rotatable bonds is 5. The number of carboxylic acids is 1. The van der Waals surface area contributed by atoms with E-state index in [9.17, 15) is 4.79 Å². The van der Waals surface area contributed by atoms with Crippen LogP contribution in [0.15, 0.2) is 53.4 Å². The molecule has 3 N–H and O–H groups in total. The van der Waals surface area contributed by atoms with E-state index in [0.717, 1.165) is 16.5 Å². The number of aromatic carboxylic acids is 1. The molecule has 0 aliphatic heterocycles. The Morgan fingerprint density at radius 3 is 2.86 bits per heavy atom. The van der Waals surface area contributed by atoms with Gasteiger partial charge in [-0.1, -0.05) is 12.1 Å². The Labute approximate surface area is 121 Å². The van der Waals surface area contributed by atoms with Gasteiger partial charge in [0.25, 0.3) is 5.58 Å². The van der Waals surface area contributed by atoms with E-state index in [1.807, 2.05) is 30.5 Å². The zero-order chi connectivity index (χ0) is 14.7. The van der Waals surface area contributed by atoms with Crippen molar-refractivity contribution in [3.63, 3.8) is 0 Å².